The second-order valence-corrected chi connectivity index (χ2v) is 3.79. The van der Waals surface area contributed by atoms with Gasteiger partial charge in [-0.2, -0.15) is 0 Å². The summed E-state index contributed by atoms with van der Waals surface area (Å²) in [6.45, 7) is 1.85. The fourth-order valence-corrected chi connectivity index (χ4v) is 1.70. The Bertz CT molecular complexity index is 446. The molecule has 0 saturated heterocycles. The van der Waals surface area contributed by atoms with Crippen molar-refractivity contribution in [3.05, 3.63) is 27.8 Å². The van der Waals surface area contributed by atoms with Gasteiger partial charge in [-0.1, -0.05) is 6.92 Å². The maximum absolute atomic E-state index is 10.9. The lowest BCUT2D eigenvalue weighted by Crippen LogP contribution is -2.32. The molecule has 0 radical (unpaired) electrons. The van der Waals surface area contributed by atoms with Crippen LogP contribution in [0.4, 0.5) is 5.69 Å². The normalized spacial score (nSPS) is 17.9. The first kappa shape index (κ1) is 11.7. The van der Waals surface area contributed by atoms with Gasteiger partial charge in [-0.25, -0.2) is 0 Å². The van der Waals surface area contributed by atoms with Crippen LogP contribution in [0.25, 0.3) is 0 Å². The van der Waals surface area contributed by atoms with Crippen molar-refractivity contribution in [2.24, 2.45) is 0 Å². The van der Waals surface area contributed by atoms with Gasteiger partial charge < -0.3 is 14.6 Å². The Morgan fingerprint density at radius 1 is 1.59 bits per heavy atom. The third-order valence-corrected chi connectivity index (χ3v) is 2.61. The number of rotatable bonds is 3. The minimum atomic E-state index is -0.485. The summed E-state index contributed by atoms with van der Waals surface area (Å²) in [5.74, 6) is 0.484. The van der Waals surface area contributed by atoms with Crippen LogP contribution in [0.2, 0.25) is 0 Å². The summed E-state index contributed by atoms with van der Waals surface area (Å²) >= 11 is 0. The number of hydrogen-bond acceptors (Lipinski definition) is 5. The van der Waals surface area contributed by atoms with Gasteiger partial charge in [0, 0.05) is 6.07 Å². The number of aliphatic hydroxyl groups is 1. The topological polar surface area (TPSA) is 81.8 Å². The summed E-state index contributed by atoms with van der Waals surface area (Å²) in [4.78, 5) is 10.4. The first-order valence-corrected chi connectivity index (χ1v) is 5.37. The monoisotopic (exact) mass is 239 g/mol. The molecule has 1 aromatic carbocycles. The van der Waals surface area contributed by atoms with Crippen molar-refractivity contribution in [3.63, 3.8) is 0 Å². The van der Waals surface area contributed by atoms with Crippen LogP contribution >= 0.6 is 0 Å². The van der Waals surface area contributed by atoms with Gasteiger partial charge in [0.15, 0.2) is 11.9 Å². The number of aliphatic hydroxyl groups excluding tert-OH is 1. The molecular weight excluding hydrogens is 226 g/mol. The molecule has 1 unspecified atom stereocenters. The van der Waals surface area contributed by atoms with Gasteiger partial charge in [-0.15, -0.1) is 0 Å². The zero-order valence-electron chi connectivity index (χ0n) is 9.38. The van der Waals surface area contributed by atoms with Crippen LogP contribution in [0, 0.1) is 10.1 Å². The Labute approximate surface area is 97.9 Å². The number of nitrogens with zero attached hydrogens (tertiary/aromatic N) is 1. The molecule has 92 valence electrons. The molecule has 1 aromatic rings. The highest BCUT2D eigenvalue weighted by molar-refractivity contribution is 5.58. The van der Waals surface area contributed by atoms with Crippen LogP contribution < -0.4 is 9.47 Å². The van der Waals surface area contributed by atoms with E-state index in [4.69, 9.17) is 14.6 Å². The minimum Gasteiger partial charge on any atom is -0.480 e. The molecule has 0 fully saturated rings. The molecule has 1 aliphatic rings. The molecule has 6 nitrogen and oxygen atoms in total. The van der Waals surface area contributed by atoms with Crippen molar-refractivity contribution in [1.82, 2.24) is 0 Å². The van der Waals surface area contributed by atoms with Gasteiger partial charge in [0.05, 0.1) is 11.5 Å². The number of hydrogen-bond donors (Lipinski definition) is 1. The predicted octanol–water partition coefficient (Wildman–Crippen LogP) is 1.29. The van der Waals surface area contributed by atoms with Crippen LogP contribution in [0.5, 0.6) is 11.5 Å². The van der Waals surface area contributed by atoms with Crippen LogP contribution in [-0.2, 0) is 6.42 Å². The van der Waals surface area contributed by atoms with E-state index in [0.29, 0.717) is 12.2 Å². The molecule has 1 N–H and O–H groups in total. The lowest BCUT2D eigenvalue weighted by Gasteiger charge is -2.25. The Morgan fingerprint density at radius 2 is 2.35 bits per heavy atom. The fraction of sp³-hybridized carbons (Fsp3) is 0.455. The maximum atomic E-state index is 10.9. The highest BCUT2D eigenvalue weighted by Gasteiger charge is 2.28. The van der Waals surface area contributed by atoms with E-state index in [1.807, 2.05) is 6.92 Å². The molecule has 6 heteroatoms. The number of nitro groups is 1. The van der Waals surface area contributed by atoms with E-state index >= 15 is 0 Å². The molecule has 0 spiro atoms. The van der Waals surface area contributed by atoms with Gasteiger partial charge in [0.2, 0.25) is 5.75 Å². The zero-order valence-corrected chi connectivity index (χ0v) is 9.38. The van der Waals surface area contributed by atoms with E-state index in [1.54, 1.807) is 6.07 Å². The average Bonchev–Trinajstić information content (AvgIpc) is 2.36. The highest BCUT2D eigenvalue weighted by Crippen LogP contribution is 2.41. The molecule has 0 bridgehead atoms. The van der Waals surface area contributed by atoms with E-state index in [2.05, 4.69) is 0 Å². The van der Waals surface area contributed by atoms with Crippen molar-refractivity contribution in [1.29, 1.82) is 0 Å². The molecule has 1 aliphatic heterocycles. The lowest BCUT2D eigenvalue weighted by atomic mass is 10.1. The smallest absolute Gasteiger partial charge is 0.315 e. The molecule has 1 atom stereocenters. The first-order chi connectivity index (χ1) is 8.15. The van der Waals surface area contributed by atoms with Crippen molar-refractivity contribution in [3.8, 4) is 11.5 Å². The Balaban J connectivity index is 2.46. The van der Waals surface area contributed by atoms with Crippen LogP contribution in [-0.4, -0.2) is 29.3 Å². The number of ether oxygens (including phenoxy) is 2. The van der Waals surface area contributed by atoms with Crippen LogP contribution in [0.15, 0.2) is 12.1 Å². The molecule has 0 aromatic heterocycles. The molecule has 17 heavy (non-hydrogen) atoms. The predicted molar refractivity (Wildman–Crippen MR) is 59.5 cm³/mol. The highest BCUT2D eigenvalue weighted by atomic mass is 16.6. The second-order valence-electron chi connectivity index (χ2n) is 3.79. The van der Waals surface area contributed by atoms with E-state index in [9.17, 15) is 10.1 Å². The van der Waals surface area contributed by atoms with Crippen molar-refractivity contribution >= 4 is 5.69 Å². The molecule has 0 aliphatic carbocycles. The second kappa shape index (κ2) is 4.58. The zero-order chi connectivity index (χ0) is 12.4. The number of nitro benzene ring substituents is 1. The Hall–Kier alpha value is -1.82. The summed E-state index contributed by atoms with van der Waals surface area (Å²) in [7, 11) is 0. The van der Waals surface area contributed by atoms with E-state index in [1.165, 1.54) is 6.07 Å². The molecule has 1 heterocycles. The number of fused-ring (bicyclic) bond motifs is 1. The van der Waals surface area contributed by atoms with E-state index in [0.717, 1.165) is 5.56 Å². The number of aryl methyl sites for hydroxylation is 1. The quantitative estimate of drug-likeness (QED) is 0.634. The molecule has 0 amide bonds. The summed E-state index contributed by atoms with van der Waals surface area (Å²) in [6.07, 6.45) is 0.204. The largest absolute Gasteiger partial charge is 0.480 e. The molecule has 0 saturated carbocycles. The van der Waals surface area contributed by atoms with Crippen LogP contribution in [0.3, 0.4) is 0 Å². The first-order valence-electron chi connectivity index (χ1n) is 5.37. The van der Waals surface area contributed by atoms with Crippen LogP contribution in [0.1, 0.15) is 12.5 Å². The van der Waals surface area contributed by atoms with Crippen molar-refractivity contribution < 1.29 is 19.5 Å². The van der Waals surface area contributed by atoms with E-state index < -0.39 is 11.0 Å². The van der Waals surface area contributed by atoms with Gasteiger partial charge in [-0.05, 0) is 18.1 Å². The summed E-state index contributed by atoms with van der Waals surface area (Å²) < 4.78 is 10.7. The maximum Gasteiger partial charge on any atom is 0.315 e. The van der Waals surface area contributed by atoms with Gasteiger partial charge in [0.25, 0.3) is 0 Å². The Morgan fingerprint density at radius 3 is 2.94 bits per heavy atom. The summed E-state index contributed by atoms with van der Waals surface area (Å²) in [6, 6.07) is 3.20. The average molecular weight is 239 g/mol. The van der Waals surface area contributed by atoms with Gasteiger partial charge in [0.1, 0.15) is 6.61 Å². The molecular formula is C11H13NO5. The fourth-order valence-electron chi connectivity index (χ4n) is 1.70. The standard InChI is InChI=1S/C11H13NO5/c1-2-7-3-9(12(14)15)11-10(4-7)17-8(5-13)6-16-11/h3-4,8,13H,2,5-6H2,1H3. The molecule has 2 rings (SSSR count). The van der Waals surface area contributed by atoms with Gasteiger partial charge in [-0.3, -0.25) is 10.1 Å². The minimum absolute atomic E-state index is 0.0873. The SMILES string of the molecule is CCc1cc2c(c([N+](=O)[O-])c1)OCC(CO)O2. The summed E-state index contributed by atoms with van der Waals surface area (Å²) in [5.41, 5.74) is 0.716. The van der Waals surface area contributed by atoms with Crippen molar-refractivity contribution in [2.75, 3.05) is 13.2 Å². The third-order valence-electron chi connectivity index (χ3n) is 2.61. The van der Waals surface area contributed by atoms with Crippen molar-refractivity contribution in [2.45, 2.75) is 19.4 Å². The van der Waals surface area contributed by atoms with E-state index in [-0.39, 0.29) is 24.7 Å². The third kappa shape index (κ3) is 2.16. The summed E-state index contributed by atoms with van der Waals surface area (Å²) in [5, 5.41) is 19.9. The Kier molecular flexibility index (Phi) is 3.14. The number of benzene rings is 1. The lowest BCUT2D eigenvalue weighted by molar-refractivity contribution is -0.386. The van der Waals surface area contributed by atoms with Gasteiger partial charge >= 0.3 is 5.69 Å².